The van der Waals surface area contributed by atoms with Gasteiger partial charge in [0.2, 0.25) is 0 Å². The molecule has 0 aliphatic heterocycles. The molecular formula is C10H11BO. The van der Waals surface area contributed by atoms with Crippen molar-refractivity contribution < 1.29 is 4.79 Å². The predicted octanol–water partition coefficient (Wildman–Crippen LogP) is 0.561. The molecule has 0 spiro atoms. The molecule has 1 aliphatic carbocycles. The maximum Gasteiger partial charge on any atom is 0.187 e. The molecular weight excluding hydrogens is 147 g/mol. The lowest BCUT2D eigenvalue weighted by molar-refractivity contribution is -0.114. The summed E-state index contributed by atoms with van der Waals surface area (Å²) in [7, 11) is 1.69. The minimum absolute atomic E-state index is 0.252. The summed E-state index contributed by atoms with van der Waals surface area (Å²) in [5.41, 5.74) is 3.04. The molecule has 0 saturated carbocycles. The Balaban J connectivity index is 2.27. The Labute approximate surface area is 73.2 Å². The first-order chi connectivity index (χ1) is 5.77. The SMILES string of the molecule is BC(=O)C1Cc2ccccc2C1. The van der Waals surface area contributed by atoms with Crippen LogP contribution in [0.2, 0.25) is 0 Å². The summed E-state index contributed by atoms with van der Waals surface area (Å²) in [6, 6.07) is 8.33. The first-order valence-corrected chi connectivity index (χ1v) is 4.34. The van der Waals surface area contributed by atoms with Gasteiger partial charge >= 0.3 is 0 Å². The molecule has 0 N–H and O–H groups in total. The molecule has 1 aliphatic rings. The van der Waals surface area contributed by atoms with Gasteiger partial charge in [0.15, 0.2) is 7.85 Å². The molecule has 0 heterocycles. The van der Waals surface area contributed by atoms with E-state index < -0.39 is 0 Å². The number of rotatable bonds is 1. The van der Waals surface area contributed by atoms with E-state index >= 15 is 0 Å². The van der Waals surface area contributed by atoms with Gasteiger partial charge in [0.25, 0.3) is 0 Å². The van der Waals surface area contributed by atoms with Gasteiger partial charge in [-0.25, -0.2) is 0 Å². The molecule has 0 saturated heterocycles. The third-order valence-electron chi connectivity index (χ3n) is 2.63. The molecule has 2 rings (SSSR count). The smallest absolute Gasteiger partial charge is 0.187 e. The van der Waals surface area contributed by atoms with Gasteiger partial charge in [-0.3, -0.25) is 0 Å². The first kappa shape index (κ1) is 7.60. The molecule has 0 atom stereocenters. The van der Waals surface area contributed by atoms with Crippen LogP contribution in [0.3, 0.4) is 0 Å². The van der Waals surface area contributed by atoms with Crippen LogP contribution < -0.4 is 0 Å². The minimum Gasteiger partial charge on any atom is -0.312 e. The summed E-state index contributed by atoms with van der Waals surface area (Å²) in [6.45, 7) is 0. The average Bonchev–Trinajstić information content (AvgIpc) is 2.46. The molecule has 1 aromatic carbocycles. The summed E-state index contributed by atoms with van der Waals surface area (Å²) in [5.74, 6) is 0.252. The third-order valence-corrected chi connectivity index (χ3v) is 2.63. The zero-order valence-electron chi connectivity index (χ0n) is 7.21. The van der Waals surface area contributed by atoms with Gasteiger partial charge in [-0.15, -0.1) is 0 Å². The Morgan fingerprint density at radius 2 is 1.75 bits per heavy atom. The Bertz CT molecular complexity index is 294. The Hall–Kier alpha value is -1.05. The van der Waals surface area contributed by atoms with Crippen molar-refractivity contribution in [1.29, 1.82) is 0 Å². The lowest BCUT2D eigenvalue weighted by Crippen LogP contribution is -2.13. The van der Waals surface area contributed by atoms with Crippen LogP contribution in [0.25, 0.3) is 0 Å². The van der Waals surface area contributed by atoms with E-state index in [4.69, 9.17) is 0 Å². The van der Waals surface area contributed by atoms with E-state index in [9.17, 15) is 4.79 Å². The molecule has 0 unspecified atom stereocenters. The second-order valence-corrected chi connectivity index (χ2v) is 3.48. The van der Waals surface area contributed by atoms with Crippen LogP contribution in [0.15, 0.2) is 24.3 Å². The number of hydrogen-bond acceptors (Lipinski definition) is 1. The summed E-state index contributed by atoms with van der Waals surface area (Å²) < 4.78 is 0. The highest BCUT2D eigenvalue weighted by Crippen LogP contribution is 2.26. The third kappa shape index (κ3) is 1.18. The molecule has 2 heteroatoms. The topological polar surface area (TPSA) is 17.1 Å². The van der Waals surface area contributed by atoms with E-state index in [0.717, 1.165) is 12.8 Å². The van der Waals surface area contributed by atoms with Gasteiger partial charge in [0.1, 0.15) is 0 Å². The lowest BCUT2D eigenvalue weighted by Gasteiger charge is -2.00. The first-order valence-electron chi connectivity index (χ1n) is 4.34. The summed E-state index contributed by atoms with van der Waals surface area (Å²) >= 11 is 0. The van der Waals surface area contributed by atoms with Gasteiger partial charge in [0, 0.05) is 5.92 Å². The zero-order valence-corrected chi connectivity index (χ0v) is 7.21. The summed E-state index contributed by atoms with van der Waals surface area (Å²) in [4.78, 5) is 11.1. The number of carbonyl (C=O) groups excluding carboxylic acids is 1. The molecule has 1 nitrogen and oxygen atoms in total. The Morgan fingerprint density at radius 1 is 1.25 bits per heavy atom. The predicted molar refractivity (Wildman–Crippen MR) is 50.9 cm³/mol. The van der Waals surface area contributed by atoms with Gasteiger partial charge < -0.3 is 4.79 Å². The van der Waals surface area contributed by atoms with Crippen molar-refractivity contribution in [2.75, 3.05) is 0 Å². The van der Waals surface area contributed by atoms with Crippen molar-refractivity contribution in [2.24, 2.45) is 5.92 Å². The van der Waals surface area contributed by atoms with Gasteiger partial charge in [-0.1, -0.05) is 24.3 Å². The van der Waals surface area contributed by atoms with E-state index in [2.05, 4.69) is 12.1 Å². The van der Waals surface area contributed by atoms with E-state index in [1.165, 1.54) is 11.1 Å². The molecule has 0 fully saturated rings. The van der Waals surface area contributed by atoms with Gasteiger partial charge in [0.05, 0.1) is 5.68 Å². The highest BCUT2D eigenvalue weighted by Gasteiger charge is 2.23. The van der Waals surface area contributed by atoms with Crippen molar-refractivity contribution in [2.45, 2.75) is 12.8 Å². The second kappa shape index (κ2) is 2.78. The Kier molecular flexibility index (Phi) is 1.76. The molecule has 0 amide bonds. The van der Waals surface area contributed by atoms with Crippen LogP contribution in [-0.2, 0) is 17.6 Å². The van der Waals surface area contributed by atoms with Gasteiger partial charge in [-0.2, -0.15) is 0 Å². The van der Waals surface area contributed by atoms with Crippen LogP contribution in [0.1, 0.15) is 11.1 Å². The lowest BCUT2D eigenvalue weighted by atomic mass is 9.87. The van der Waals surface area contributed by atoms with E-state index in [1.54, 1.807) is 7.85 Å². The van der Waals surface area contributed by atoms with Crippen LogP contribution in [0, 0.1) is 5.92 Å². The maximum absolute atomic E-state index is 11.1. The van der Waals surface area contributed by atoms with Crippen molar-refractivity contribution >= 4 is 13.5 Å². The molecule has 0 aromatic heterocycles. The Morgan fingerprint density at radius 3 is 2.17 bits per heavy atom. The molecule has 1 aromatic rings. The van der Waals surface area contributed by atoms with E-state index in [1.807, 2.05) is 12.1 Å². The highest BCUT2D eigenvalue weighted by molar-refractivity contribution is 6.58. The summed E-state index contributed by atoms with van der Waals surface area (Å²) in [6.07, 6.45) is 1.90. The van der Waals surface area contributed by atoms with E-state index in [0.29, 0.717) is 5.68 Å². The maximum atomic E-state index is 11.1. The molecule has 0 radical (unpaired) electrons. The number of hydrogen-bond donors (Lipinski definition) is 0. The molecule has 60 valence electrons. The van der Waals surface area contributed by atoms with Crippen molar-refractivity contribution in [1.82, 2.24) is 0 Å². The van der Waals surface area contributed by atoms with Crippen molar-refractivity contribution in [3.05, 3.63) is 35.4 Å². The fourth-order valence-electron chi connectivity index (χ4n) is 1.85. The number of benzene rings is 1. The fraction of sp³-hybridized carbons (Fsp3) is 0.300. The van der Waals surface area contributed by atoms with Crippen LogP contribution in [0.5, 0.6) is 0 Å². The standard InChI is InChI=1S/C10H11BO/c11-10(12)9-5-7-3-1-2-4-8(7)6-9/h1-4,9H,5-6,11H2. The molecule has 12 heavy (non-hydrogen) atoms. The zero-order chi connectivity index (χ0) is 8.55. The number of fused-ring (bicyclic) bond motifs is 1. The largest absolute Gasteiger partial charge is 0.312 e. The van der Waals surface area contributed by atoms with Crippen LogP contribution >= 0.6 is 0 Å². The summed E-state index contributed by atoms with van der Waals surface area (Å²) in [5, 5.41) is 0. The van der Waals surface area contributed by atoms with Crippen molar-refractivity contribution in [3.63, 3.8) is 0 Å². The van der Waals surface area contributed by atoms with Crippen LogP contribution in [0.4, 0.5) is 0 Å². The van der Waals surface area contributed by atoms with Gasteiger partial charge in [-0.05, 0) is 24.0 Å². The fourth-order valence-corrected chi connectivity index (χ4v) is 1.85. The van der Waals surface area contributed by atoms with Crippen LogP contribution in [-0.4, -0.2) is 13.5 Å². The quantitative estimate of drug-likeness (QED) is 0.545. The minimum atomic E-state index is 0.252. The van der Waals surface area contributed by atoms with Crippen molar-refractivity contribution in [3.8, 4) is 0 Å². The second-order valence-electron chi connectivity index (χ2n) is 3.48. The average molecular weight is 158 g/mol. The molecule has 0 bridgehead atoms. The normalized spacial score (nSPS) is 16.0. The van der Waals surface area contributed by atoms with E-state index in [-0.39, 0.29) is 5.92 Å². The highest BCUT2D eigenvalue weighted by atomic mass is 16.1. The number of carbonyl (C=O) groups is 1. The monoisotopic (exact) mass is 158 g/mol.